The summed E-state index contributed by atoms with van der Waals surface area (Å²) in [5, 5.41) is 2.40. The predicted octanol–water partition coefficient (Wildman–Crippen LogP) is 2.05. The number of carbonyl (C=O) groups is 1. The van der Waals surface area contributed by atoms with E-state index < -0.39 is 0 Å². The van der Waals surface area contributed by atoms with Gasteiger partial charge < -0.3 is 5.32 Å². The second-order valence-corrected chi connectivity index (χ2v) is 4.24. The van der Waals surface area contributed by atoms with Crippen LogP contribution in [-0.2, 0) is 4.79 Å². The van der Waals surface area contributed by atoms with Crippen molar-refractivity contribution in [3.8, 4) is 0 Å². The Labute approximate surface area is 86.9 Å². The maximum absolute atomic E-state index is 12.6. The highest BCUT2D eigenvalue weighted by Gasteiger charge is 2.11. The highest BCUT2D eigenvalue weighted by atomic mass is 32.2. The Kier molecular flexibility index (Phi) is 3.95. The molecule has 1 atom stereocenters. The summed E-state index contributed by atoms with van der Waals surface area (Å²) in [6.45, 7) is 1.81. The Morgan fingerprint density at radius 3 is 2.50 bits per heavy atom. The topological polar surface area (TPSA) is 29.1 Å². The average molecular weight is 213 g/mol. The van der Waals surface area contributed by atoms with Crippen LogP contribution in [0.3, 0.4) is 0 Å². The van der Waals surface area contributed by atoms with E-state index in [1.54, 1.807) is 19.2 Å². The van der Waals surface area contributed by atoms with Gasteiger partial charge in [-0.3, -0.25) is 4.79 Å². The summed E-state index contributed by atoms with van der Waals surface area (Å²) in [6.07, 6.45) is 0. The lowest BCUT2D eigenvalue weighted by molar-refractivity contribution is -0.119. The van der Waals surface area contributed by atoms with Crippen LogP contribution in [0.1, 0.15) is 6.92 Å². The number of carbonyl (C=O) groups excluding carboxylic acids is 1. The normalized spacial score (nSPS) is 12.2. The summed E-state index contributed by atoms with van der Waals surface area (Å²) in [5.41, 5.74) is 0. The first-order valence-corrected chi connectivity index (χ1v) is 5.15. The Morgan fingerprint density at radius 1 is 1.43 bits per heavy atom. The quantitative estimate of drug-likeness (QED) is 0.779. The van der Waals surface area contributed by atoms with Crippen LogP contribution >= 0.6 is 11.8 Å². The van der Waals surface area contributed by atoms with Gasteiger partial charge in [-0.2, -0.15) is 0 Å². The van der Waals surface area contributed by atoms with Crippen molar-refractivity contribution in [1.29, 1.82) is 0 Å². The minimum Gasteiger partial charge on any atom is -0.358 e. The molecule has 1 rings (SSSR count). The fourth-order valence-corrected chi connectivity index (χ4v) is 1.90. The van der Waals surface area contributed by atoms with Crippen molar-refractivity contribution < 1.29 is 9.18 Å². The molecule has 0 aliphatic carbocycles. The summed E-state index contributed by atoms with van der Waals surface area (Å²) in [7, 11) is 1.60. The van der Waals surface area contributed by atoms with E-state index in [0.717, 1.165) is 4.90 Å². The fourth-order valence-electron chi connectivity index (χ4n) is 0.974. The molecule has 1 unspecified atom stereocenters. The van der Waals surface area contributed by atoms with Crippen LogP contribution < -0.4 is 5.32 Å². The Hall–Kier alpha value is -1.03. The minimum absolute atomic E-state index is 0.0284. The number of thioether (sulfide) groups is 1. The smallest absolute Gasteiger partial charge is 0.232 e. The number of nitrogens with one attached hydrogen (secondary N) is 1. The van der Waals surface area contributed by atoms with Crippen molar-refractivity contribution in [1.82, 2.24) is 5.32 Å². The third kappa shape index (κ3) is 3.03. The largest absolute Gasteiger partial charge is 0.358 e. The maximum Gasteiger partial charge on any atom is 0.232 e. The number of hydrogen-bond acceptors (Lipinski definition) is 2. The summed E-state index contributed by atoms with van der Waals surface area (Å²) in [4.78, 5) is 12.1. The van der Waals surface area contributed by atoms with Gasteiger partial charge in [0.15, 0.2) is 0 Å². The molecule has 0 saturated carbocycles. The van der Waals surface area contributed by atoms with E-state index in [-0.39, 0.29) is 17.0 Å². The van der Waals surface area contributed by atoms with Crippen molar-refractivity contribution in [3.05, 3.63) is 30.1 Å². The van der Waals surface area contributed by atoms with Gasteiger partial charge in [-0.15, -0.1) is 11.8 Å². The van der Waals surface area contributed by atoms with Gasteiger partial charge in [0.25, 0.3) is 0 Å². The van der Waals surface area contributed by atoms with Gasteiger partial charge in [-0.05, 0) is 31.2 Å². The van der Waals surface area contributed by atoms with Gasteiger partial charge in [0.05, 0.1) is 5.25 Å². The zero-order chi connectivity index (χ0) is 10.6. The van der Waals surface area contributed by atoms with Crippen LogP contribution in [0.15, 0.2) is 29.2 Å². The molecule has 2 nitrogen and oxygen atoms in total. The summed E-state index contributed by atoms with van der Waals surface area (Å²) < 4.78 is 12.6. The van der Waals surface area contributed by atoms with Crippen LogP contribution in [0.5, 0.6) is 0 Å². The van der Waals surface area contributed by atoms with Crippen LogP contribution in [0.4, 0.5) is 4.39 Å². The lowest BCUT2D eigenvalue weighted by atomic mass is 10.3. The highest BCUT2D eigenvalue weighted by molar-refractivity contribution is 8.00. The number of halogens is 1. The number of hydrogen-bond donors (Lipinski definition) is 1. The van der Waals surface area contributed by atoms with E-state index in [9.17, 15) is 9.18 Å². The number of benzene rings is 1. The standard InChI is InChI=1S/C10H12FNOS/c1-7(10(13)12-2)14-9-5-3-8(11)4-6-9/h3-7H,1-2H3,(H,12,13). The van der Waals surface area contributed by atoms with Gasteiger partial charge >= 0.3 is 0 Å². The molecule has 0 saturated heterocycles. The SMILES string of the molecule is CNC(=O)C(C)Sc1ccc(F)cc1. The van der Waals surface area contributed by atoms with Crippen LogP contribution in [0.25, 0.3) is 0 Å². The molecular formula is C10H12FNOS. The van der Waals surface area contributed by atoms with E-state index in [0.29, 0.717) is 0 Å². The van der Waals surface area contributed by atoms with Gasteiger partial charge in [-0.1, -0.05) is 0 Å². The first kappa shape index (κ1) is 11.0. The van der Waals surface area contributed by atoms with Gasteiger partial charge in [0.1, 0.15) is 5.82 Å². The molecule has 0 aliphatic rings. The molecule has 1 amide bonds. The Morgan fingerprint density at radius 2 is 2.00 bits per heavy atom. The zero-order valence-corrected chi connectivity index (χ0v) is 8.90. The zero-order valence-electron chi connectivity index (χ0n) is 8.08. The lowest BCUT2D eigenvalue weighted by Gasteiger charge is -2.08. The highest BCUT2D eigenvalue weighted by Crippen LogP contribution is 2.23. The first-order valence-electron chi connectivity index (χ1n) is 4.27. The fraction of sp³-hybridized carbons (Fsp3) is 0.300. The van der Waals surface area contributed by atoms with Crippen molar-refractivity contribution in [3.63, 3.8) is 0 Å². The second-order valence-electron chi connectivity index (χ2n) is 2.83. The van der Waals surface area contributed by atoms with E-state index in [2.05, 4.69) is 5.32 Å². The Balaban J connectivity index is 2.60. The van der Waals surface area contributed by atoms with E-state index >= 15 is 0 Å². The van der Waals surface area contributed by atoms with E-state index in [1.165, 1.54) is 23.9 Å². The minimum atomic E-state index is -0.262. The summed E-state index contributed by atoms with van der Waals surface area (Å²) in [5.74, 6) is -0.290. The van der Waals surface area contributed by atoms with Crippen molar-refractivity contribution in [2.75, 3.05) is 7.05 Å². The van der Waals surface area contributed by atoms with Crippen LogP contribution in [0, 0.1) is 5.82 Å². The molecular weight excluding hydrogens is 201 g/mol. The molecule has 0 radical (unpaired) electrons. The molecule has 1 aromatic carbocycles. The number of rotatable bonds is 3. The van der Waals surface area contributed by atoms with Crippen LogP contribution in [0.2, 0.25) is 0 Å². The van der Waals surface area contributed by atoms with Gasteiger partial charge in [0.2, 0.25) is 5.91 Å². The van der Waals surface area contributed by atoms with Crippen molar-refractivity contribution >= 4 is 17.7 Å². The molecule has 14 heavy (non-hydrogen) atoms. The first-order chi connectivity index (χ1) is 6.63. The summed E-state index contributed by atoms with van der Waals surface area (Å²) in [6, 6.07) is 6.11. The summed E-state index contributed by atoms with van der Waals surface area (Å²) >= 11 is 1.41. The molecule has 0 heterocycles. The molecule has 1 N–H and O–H groups in total. The third-order valence-corrected chi connectivity index (χ3v) is 2.85. The number of amides is 1. The molecule has 0 fully saturated rings. The molecule has 0 aliphatic heterocycles. The molecule has 0 spiro atoms. The monoisotopic (exact) mass is 213 g/mol. The molecule has 76 valence electrons. The second kappa shape index (κ2) is 5.00. The maximum atomic E-state index is 12.6. The predicted molar refractivity (Wildman–Crippen MR) is 55.8 cm³/mol. The van der Waals surface area contributed by atoms with Gasteiger partial charge in [-0.25, -0.2) is 4.39 Å². The molecule has 1 aromatic rings. The lowest BCUT2D eigenvalue weighted by Crippen LogP contribution is -2.27. The van der Waals surface area contributed by atoms with Crippen molar-refractivity contribution in [2.45, 2.75) is 17.1 Å². The molecule has 0 bridgehead atoms. The van der Waals surface area contributed by atoms with Crippen LogP contribution in [-0.4, -0.2) is 18.2 Å². The van der Waals surface area contributed by atoms with Crippen molar-refractivity contribution in [2.24, 2.45) is 0 Å². The third-order valence-electron chi connectivity index (χ3n) is 1.74. The van der Waals surface area contributed by atoms with Gasteiger partial charge in [0, 0.05) is 11.9 Å². The Bertz CT molecular complexity index is 312. The molecule has 0 aromatic heterocycles. The molecule has 4 heteroatoms. The van der Waals surface area contributed by atoms with E-state index in [1.807, 2.05) is 6.92 Å². The van der Waals surface area contributed by atoms with E-state index in [4.69, 9.17) is 0 Å². The average Bonchev–Trinajstić information content (AvgIpc) is 2.20.